The van der Waals surface area contributed by atoms with Gasteiger partial charge in [0.05, 0.1) is 19.4 Å². The molecule has 1 fully saturated rings. The van der Waals surface area contributed by atoms with Crippen LogP contribution in [0.25, 0.3) is 10.9 Å². The number of rotatable bonds is 4. The highest BCUT2D eigenvalue weighted by Crippen LogP contribution is 2.34. The van der Waals surface area contributed by atoms with Gasteiger partial charge in [0.1, 0.15) is 17.0 Å². The van der Waals surface area contributed by atoms with Crippen molar-refractivity contribution in [1.82, 2.24) is 14.8 Å². The first kappa shape index (κ1) is 19.9. The Bertz CT molecular complexity index is 1090. The average Bonchev–Trinajstić information content (AvgIpc) is 3.33. The number of hydrogen-bond donors (Lipinski definition) is 1. The van der Waals surface area contributed by atoms with Crippen LogP contribution in [0.15, 0.2) is 53.1 Å². The van der Waals surface area contributed by atoms with Crippen LogP contribution >= 0.6 is 0 Å². The lowest BCUT2D eigenvalue weighted by molar-refractivity contribution is -0.134. The number of carbonyl (C=O) groups excluding carboxylic acids is 2. The van der Waals surface area contributed by atoms with Crippen molar-refractivity contribution in [3.63, 3.8) is 0 Å². The number of benzene rings is 1. The Kier molecular flexibility index (Phi) is 5.08. The van der Waals surface area contributed by atoms with Gasteiger partial charge < -0.3 is 19.2 Å². The zero-order valence-electron chi connectivity index (χ0n) is 18.0. The molecule has 0 bridgehead atoms. The predicted octanol–water partition coefficient (Wildman–Crippen LogP) is 4.49. The van der Waals surface area contributed by atoms with Gasteiger partial charge in [0.25, 0.3) is 5.91 Å². The third-order valence-electron chi connectivity index (χ3n) is 6.91. The Labute approximate surface area is 182 Å². The van der Waals surface area contributed by atoms with E-state index >= 15 is 0 Å². The van der Waals surface area contributed by atoms with Crippen LogP contribution in [0.1, 0.15) is 61.7 Å². The van der Waals surface area contributed by atoms with Crippen LogP contribution in [0.5, 0.6) is 0 Å². The molecule has 6 heteroatoms. The lowest BCUT2D eigenvalue weighted by Gasteiger charge is -2.44. The van der Waals surface area contributed by atoms with Crippen molar-refractivity contribution in [3.05, 3.63) is 60.2 Å². The van der Waals surface area contributed by atoms with Gasteiger partial charge in [-0.3, -0.25) is 9.59 Å². The average molecular weight is 420 g/mol. The molecular formula is C25H29N3O3. The largest absolute Gasteiger partial charge is 0.467 e. The second-order valence-corrected chi connectivity index (χ2v) is 9.08. The zero-order chi connectivity index (χ0) is 21.4. The molecule has 2 aromatic heterocycles. The number of nitrogens with one attached hydrogen (secondary N) is 1. The van der Waals surface area contributed by atoms with Gasteiger partial charge in [0, 0.05) is 16.9 Å². The molecule has 1 atom stereocenters. The molecule has 1 aliphatic carbocycles. The number of amides is 2. The van der Waals surface area contributed by atoms with E-state index in [4.69, 9.17) is 4.42 Å². The molecule has 3 heterocycles. The summed E-state index contributed by atoms with van der Waals surface area (Å²) >= 11 is 0. The summed E-state index contributed by atoms with van der Waals surface area (Å²) in [5, 5.41) is 4.30. The van der Waals surface area contributed by atoms with E-state index in [1.807, 2.05) is 54.0 Å². The molecule has 1 saturated carbocycles. The molecule has 2 aliphatic rings. The van der Waals surface area contributed by atoms with E-state index in [2.05, 4.69) is 5.32 Å². The summed E-state index contributed by atoms with van der Waals surface area (Å²) in [6.45, 7) is 2.57. The van der Waals surface area contributed by atoms with E-state index in [0.29, 0.717) is 18.0 Å². The van der Waals surface area contributed by atoms with Crippen molar-refractivity contribution in [1.29, 1.82) is 0 Å². The summed E-state index contributed by atoms with van der Waals surface area (Å²) in [4.78, 5) is 29.1. The van der Waals surface area contributed by atoms with Crippen molar-refractivity contribution in [2.24, 2.45) is 0 Å². The third-order valence-corrected chi connectivity index (χ3v) is 6.91. The quantitative estimate of drug-likeness (QED) is 0.634. The highest BCUT2D eigenvalue weighted by molar-refractivity contribution is 6.03. The van der Waals surface area contributed by atoms with Crippen molar-refractivity contribution in [2.45, 2.75) is 70.1 Å². The number of aromatic nitrogens is 1. The van der Waals surface area contributed by atoms with Crippen LogP contribution in [0.4, 0.5) is 0 Å². The van der Waals surface area contributed by atoms with E-state index in [1.165, 1.54) is 12.8 Å². The topological polar surface area (TPSA) is 67.5 Å². The summed E-state index contributed by atoms with van der Waals surface area (Å²) in [7, 11) is 0. The molecule has 0 unspecified atom stereocenters. The van der Waals surface area contributed by atoms with Crippen molar-refractivity contribution in [3.8, 4) is 0 Å². The maximum Gasteiger partial charge on any atom is 0.271 e. The summed E-state index contributed by atoms with van der Waals surface area (Å²) < 4.78 is 7.54. The number of carbonyl (C=O) groups is 2. The molecule has 3 aromatic rings. The normalized spacial score (nSPS) is 22.4. The highest BCUT2D eigenvalue weighted by Gasteiger charge is 2.48. The fourth-order valence-electron chi connectivity index (χ4n) is 5.08. The standard InChI is InChI=1S/C25H29N3O3/c1-25(24(30)26-19-10-4-2-3-5-11-19)17-27-21-13-7-6-9-18(21)15-22(27)23(29)28(25)16-20-12-8-14-31-20/h6-9,12-15,19H,2-5,10-11,16-17H2,1H3,(H,26,30)/t25-/m0/s1. The molecule has 2 amide bonds. The third kappa shape index (κ3) is 3.54. The van der Waals surface area contributed by atoms with Crippen molar-refractivity contribution < 1.29 is 14.0 Å². The van der Waals surface area contributed by atoms with Gasteiger partial charge in [-0.25, -0.2) is 0 Å². The summed E-state index contributed by atoms with van der Waals surface area (Å²) in [5.41, 5.74) is 0.592. The van der Waals surface area contributed by atoms with Gasteiger partial charge >= 0.3 is 0 Å². The van der Waals surface area contributed by atoms with Crippen LogP contribution < -0.4 is 5.32 Å². The number of hydrogen-bond acceptors (Lipinski definition) is 3. The Balaban J connectivity index is 1.53. The summed E-state index contributed by atoms with van der Waals surface area (Å²) in [6.07, 6.45) is 8.35. The second-order valence-electron chi connectivity index (χ2n) is 9.08. The summed E-state index contributed by atoms with van der Waals surface area (Å²) in [6, 6.07) is 13.7. The summed E-state index contributed by atoms with van der Waals surface area (Å²) in [5.74, 6) is 0.450. The van der Waals surface area contributed by atoms with Gasteiger partial charge in [-0.15, -0.1) is 0 Å². The maximum atomic E-state index is 13.7. The molecule has 1 aliphatic heterocycles. The number of fused-ring (bicyclic) bond motifs is 3. The predicted molar refractivity (Wildman–Crippen MR) is 119 cm³/mol. The van der Waals surface area contributed by atoms with E-state index < -0.39 is 5.54 Å². The molecule has 1 aromatic carbocycles. The molecule has 5 rings (SSSR count). The van der Waals surface area contributed by atoms with Gasteiger partial charge in [0.15, 0.2) is 0 Å². The lowest BCUT2D eigenvalue weighted by atomic mass is 9.93. The second kappa shape index (κ2) is 7.91. The minimum absolute atomic E-state index is 0.0808. The first-order valence-electron chi connectivity index (χ1n) is 11.3. The smallest absolute Gasteiger partial charge is 0.271 e. The van der Waals surface area contributed by atoms with Crippen LogP contribution in [0, 0.1) is 0 Å². The van der Waals surface area contributed by atoms with E-state index in [0.717, 1.165) is 36.6 Å². The SMILES string of the molecule is C[C@@]1(C(=O)NC2CCCCCC2)Cn2c(cc3ccccc32)C(=O)N1Cc1ccco1. The van der Waals surface area contributed by atoms with Crippen molar-refractivity contribution in [2.75, 3.05) is 0 Å². The minimum atomic E-state index is -1.01. The molecular weight excluding hydrogens is 390 g/mol. The van der Waals surface area contributed by atoms with Crippen molar-refractivity contribution >= 4 is 22.7 Å². The van der Waals surface area contributed by atoms with Crippen LogP contribution in [0.2, 0.25) is 0 Å². The minimum Gasteiger partial charge on any atom is -0.467 e. The Morgan fingerprint density at radius 2 is 1.90 bits per heavy atom. The van der Waals surface area contributed by atoms with Gasteiger partial charge in [-0.1, -0.05) is 43.9 Å². The number of nitrogens with zero attached hydrogens (tertiary/aromatic N) is 2. The fourth-order valence-corrected chi connectivity index (χ4v) is 5.08. The molecule has 0 spiro atoms. The Morgan fingerprint density at radius 1 is 1.13 bits per heavy atom. The van der Waals surface area contributed by atoms with E-state index in [-0.39, 0.29) is 24.4 Å². The van der Waals surface area contributed by atoms with Crippen LogP contribution in [-0.2, 0) is 17.9 Å². The first-order valence-corrected chi connectivity index (χ1v) is 11.3. The molecule has 31 heavy (non-hydrogen) atoms. The van der Waals surface area contributed by atoms with Gasteiger partial charge in [-0.05, 0) is 44.0 Å². The molecule has 0 radical (unpaired) electrons. The maximum absolute atomic E-state index is 13.7. The van der Waals surface area contributed by atoms with Gasteiger partial charge in [0.2, 0.25) is 5.91 Å². The van der Waals surface area contributed by atoms with E-state index in [9.17, 15) is 9.59 Å². The van der Waals surface area contributed by atoms with Crippen LogP contribution in [0.3, 0.4) is 0 Å². The molecule has 162 valence electrons. The monoisotopic (exact) mass is 419 g/mol. The molecule has 6 nitrogen and oxygen atoms in total. The lowest BCUT2D eigenvalue weighted by Crippen LogP contribution is -2.64. The Hall–Kier alpha value is -3.02. The molecule has 0 saturated heterocycles. The Morgan fingerprint density at radius 3 is 2.65 bits per heavy atom. The van der Waals surface area contributed by atoms with E-state index in [1.54, 1.807) is 11.2 Å². The fraction of sp³-hybridized carbons (Fsp3) is 0.440. The molecule has 1 N–H and O–H groups in total. The number of furan rings is 1. The van der Waals surface area contributed by atoms with Gasteiger partial charge in [-0.2, -0.15) is 0 Å². The highest BCUT2D eigenvalue weighted by atomic mass is 16.3. The number of para-hydroxylation sites is 1. The first-order chi connectivity index (χ1) is 15.1. The zero-order valence-corrected chi connectivity index (χ0v) is 18.0. The van der Waals surface area contributed by atoms with Crippen LogP contribution in [-0.4, -0.2) is 32.9 Å².